The topological polar surface area (TPSA) is 76.4 Å². The molecule has 0 aliphatic carbocycles. The molecule has 31 heavy (non-hydrogen) atoms. The third-order valence-electron chi connectivity index (χ3n) is 5.08. The number of amides is 1. The van der Waals surface area contributed by atoms with E-state index in [1.165, 1.54) is 0 Å². The summed E-state index contributed by atoms with van der Waals surface area (Å²) < 4.78 is 7.54. The number of nitrogens with zero attached hydrogens (tertiary/aromatic N) is 2. The molecule has 1 aromatic heterocycles. The number of fused-ring (bicyclic) bond motifs is 1. The van der Waals surface area contributed by atoms with Crippen molar-refractivity contribution in [1.29, 1.82) is 0 Å². The number of ether oxygens (including phenoxy) is 1. The molecule has 4 rings (SSSR count). The molecule has 3 aromatic rings. The van der Waals surface area contributed by atoms with Crippen LogP contribution >= 0.6 is 23.2 Å². The SMILES string of the molecule is C=C(CCn1cc(-c2ccc(Cl)cc2)cn1)NC(=O)[C@@H]1C[C@@H](O)c2cc(Cl)ccc2O1. The maximum atomic E-state index is 12.6. The van der Waals surface area contributed by atoms with Gasteiger partial charge in [0.05, 0.1) is 12.3 Å². The van der Waals surface area contributed by atoms with Gasteiger partial charge in [0.15, 0.2) is 6.10 Å². The average molecular weight is 458 g/mol. The fourth-order valence-corrected chi connectivity index (χ4v) is 3.73. The lowest BCUT2D eigenvalue weighted by molar-refractivity contribution is -0.129. The van der Waals surface area contributed by atoms with E-state index in [2.05, 4.69) is 17.0 Å². The zero-order valence-electron chi connectivity index (χ0n) is 16.6. The standard InChI is InChI=1S/C23H21Cl2N3O3/c1-14(8-9-28-13-16(12-26-28)15-2-4-17(24)5-3-15)27-23(30)22-11-20(29)19-10-18(25)6-7-21(19)31-22/h2-7,10,12-13,20,22,29H,1,8-9,11H2,(H,27,30)/t20-,22+/m1/s1. The lowest BCUT2D eigenvalue weighted by Crippen LogP contribution is -2.41. The zero-order chi connectivity index (χ0) is 22.0. The van der Waals surface area contributed by atoms with E-state index in [0.717, 1.165) is 11.1 Å². The second-order valence-electron chi connectivity index (χ2n) is 7.38. The maximum Gasteiger partial charge on any atom is 0.265 e. The highest BCUT2D eigenvalue weighted by Gasteiger charge is 2.32. The third-order valence-corrected chi connectivity index (χ3v) is 5.57. The van der Waals surface area contributed by atoms with Crippen LogP contribution in [0.25, 0.3) is 11.1 Å². The molecule has 2 N–H and O–H groups in total. The number of allylic oxidation sites excluding steroid dienone is 1. The first kappa shape index (κ1) is 21.4. The second kappa shape index (κ2) is 9.14. The van der Waals surface area contributed by atoms with E-state index in [1.807, 2.05) is 30.5 Å². The number of carbonyl (C=O) groups is 1. The van der Waals surface area contributed by atoms with Crippen LogP contribution in [-0.2, 0) is 11.3 Å². The fraction of sp³-hybridized carbons (Fsp3) is 0.217. The van der Waals surface area contributed by atoms with Gasteiger partial charge in [0.2, 0.25) is 0 Å². The van der Waals surface area contributed by atoms with Crippen molar-refractivity contribution in [1.82, 2.24) is 15.1 Å². The van der Waals surface area contributed by atoms with Crippen LogP contribution in [-0.4, -0.2) is 26.9 Å². The minimum Gasteiger partial charge on any atom is -0.480 e. The van der Waals surface area contributed by atoms with Gasteiger partial charge in [-0.15, -0.1) is 0 Å². The summed E-state index contributed by atoms with van der Waals surface area (Å²) in [4.78, 5) is 12.6. The molecule has 1 aliphatic rings. The zero-order valence-corrected chi connectivity index (χ0v) is 18.1. The van der Waals surface area contributed by atoms with E-state index < -0.39 is 12.2 Å². The maximum absolute atomic E-state index is 12.6. The predicted molar refractivity (Wildman–Crippen MR) is 120 cm³/mol. The highest BCUT2D eigenvalue weighted by molar-refractivity contribution is 6.31. The van der Waals surface area contributed by atoms with Crippen molar-refractivity contribution in [3.8, 4) is 16.9 Å². The number of aryl methyl sites for hydroxylation is 1. The molecular formula is C23H21Cl2N3O3. The van der Waals surface area contributed by atoms with Crippen LogP contribution in [0.1, 0.15) is 24.5 Å². The minimum atomic E-state index is -0.818. The van der Waals surface area contributed by atoms with Gasteiger partial charge in [-0.1, -0.05) is 41.9 Å². The summed E-state index contributed by atoms with van der Waals surface area (Å²) in [6.45, 7) is 4.49. The fourth-order valence-electron chi connectivity index (χ4n) is 3.42. The van der Waals surface area contributed by atoms with E-state index in [0.29, 0.717) is 40.0 Å². The van der Waals surface area contributed by atoms with Gasteiger partial charge in [0.1, 0.15) is 5.75 Å². The van der Waals surface area contributed by atoms with E-state index in [9.17, 15) is 9.90 Å². The molecule has 2 heterocycles. The summed E-state index contributed by atoms with van der Waals surface area (Å²) in [5, 5.41) is 18.7. The molecule has 0 saturated heterocycles. The number of hydrogen-bond donors (Lipinski definition) is 2. The Morgan fingerprint density at radius 2 is 1.94 bits per heavy atom. The second-order valence-corrected chi connectivity index (χ2v) is 8.25. The quantitative estimate of drug-likeness (QED) is 0.559. The number of aliphatic hydroxyl groups excluding tert-OH is 1. The van der Waals surface area contributed by atoms with Crippen molar-refractivity contribution in [2.45, 2.75) is 31.6 Å². The first-order valence-electron chi connectivity index (χ1n) is 9.80. The summed E-state index contributed by atoms with van der Waals surface area (Å²) in [5.41, 5.74) is 3.14. The number of aliphatic hydroxyl groups is 1. The van der Waals surface area contributed by atoms with E-state index in [-0.39, 0.29) is 12.3 Å². The Hall–Kier alpha value is -2.80. The molecule has 1 amide bonds. The normalized spacial score (nSPS) is 17.5. The first-order chi connectivity index (χ1) is 14.9. The van der Waals surface area contributed by atoms with Gasteiger partial charge in [-0.25, -0.2) is 0 Å². The number of halogens is 2. The van der Waals surface area contributed by atoms with Crippen molar-refractivity contribution in [3.05, 3.63) is 82.7 Å². The predicted octanol–water partition coefficient (Wildman–Crippen LogP) is 4.76. The van der Waals surface area contributed by atoms with Crippen LogP contribution in [0.4, 0.5) is 0 Å². The number of rotatable bonds is 6. The first-order valence-corrected chi connectivity index (χ1v) is 10.6. The van der Waals surface area contributed by atoms with Gasteiger partial charge in [-0.05, 0) is 35.9 Å². The summed E-state index contributed by atoms with van der Waals surface area (Å²) >= 11 is 11.9. The molecule has 0 bridgehead atoms. The van der Waals surface area contributed by atoms with Gasteiger partial charge in [-0.2, -0.15) is 5.10 Å². The summed E-state index contributed by atoms with van der Waals surface area (Å²) in [6.07, 6.45) is 2.75. The summed E-state index contributed by atoms with van der Waals surface area (Å²) in [6, 6.07) is 12.5. The Labute approximate surface area is 190 Å². The number of benzene rings is 2. The smallest absolute Gasteiger partial charge is 0.265 e. The monoisotopic (exact) mass is 457 g/mol. The van der Waals surface area contributed by atoms with Gasteiger partial charge in [0.25, 0.3) is 5.91 Å². The molecule has 2 atom stereocenters. The number of nitrogens with one attached hydrogen (secondary N) is 1. The van der Waals surface area contributed by atoms with Gasteiger partial charge < -0.3 is 15.2 Å². The van der Waals surface area contributed by atoms with Crippen LogP contribution in [0.3, 0.4) is 0 Å². The Balaban J connectivity index is 1.31. The lowest BCUT2D eigenvalue weighted by Gasteiger charge is -2.29. The molecule has 2 aromatic carbocycles. The average Bonchev–Trinajstić information content (AvgIpc) is 3.22. The molecule has 0 fully saturated rings. The largest absolute Gasteiger partial charge is 0.480 e. The molecule has 8 heteroatoms. The van der Waals surface area contributed by atoms with Crippen LogP contribution in [0.2, 0.25) is 10.0 Å². The van der Waals surface area contributed by atoms with Crippen LogP contribution < -0.4 is 10.1 Å². The van der Waals surface area contributed by atoms with Crippen LogP contribution in [0.15, 0.2) is 67.1 Å². The minimum absolute atomic E-state index is 0.149. The highest BCUT2D eigenvalue weighted by Crippen LogP contribution is 2.36. The molecular weight excluding hydrogens is 437 g/mol. The lowest BCUT2D eigenvalue weighted by atomic mass is 9.98. The number of carbonyl (C=O) groups excluding carboxylic acids is 1. The van der Waals surface area contributed by atoms with Crippen molar-refractivity contribution in [2.75, 3.05) is 0 Å². The van der Waals surface area contributed by atoms with Gasteiger partial charge in [-0.3, -0.25) is 9.48 Å². The molecule has 6 nitrogen and oxygen atoms in total. The summed E-state index contributed by atoms with van der Waals surface area (Å²) in [5.74, 6) is 0.118. The molecule has 1 aliphatic heterocycles. The molecule has 0 radical (unpaired) electrons. The van der Waals surface area contributed by atoms with Crippen molar-refractivity contribution >= 4 is 29.1 Å². The molecule has 0 saturated carbocycles. The van der Waals surface area contributed by atoms with Crippen molar-refractivity contribution in [2.24, 2.45) is 0 Å². The van der Waals surface area contributed by atoms with Crippen LogP contribution in [0.5, 0.6) is 5.75 Å². The van der Waals surface area contributed by atoms with Crippen molar-refractivity contribution < 1.29 is 14.6 Å². The Morgan fingerprint density at radius 3 is 2.71 bits per heavy atom. The molecule has 160 valence electrons. The molecule has 0 unspecified atom stereocenters. The highest BCUT2D eigenvalue weighted by atomic mass is 35.5. The third kappa shape index (κ3) is 5.10. The van der Waals surface area contributed by atoms with E-state index in [4.69, 9.17) is 27.9 Å². The van der Waals surface area contributed by atoms with E-state index in [1.54, 1.807) is 29.1 Å². The van der Waals surface area contributed by atoms with Gasteiger partial charge in [0, 0.05) is 52.5 Å². The molecule has 0 spiro atoms. The van der Waals surface area contributed by atoms with E-state index >= 15 is 0 Å². The van der Waals surface area contributed by atoms with Crippen LogP contribution in [0, 0.1) is 0 Å². The Bertz CT molecular complexity index is 1110. The number of aromatic nitrogens is 2. The summed E-state index contributed by atoms with van der Waals surface area (Å²) in [7, 11) is 0. The van der Waals surface area contributed by atoms with Gasteiger partial charge >= 0.3 is 0 Å². The van der Waals surface area contributed by atoms with Crippen molar-refractivity contribution in [3.63, 3.8) is 0 Å². The number of hydrogen-bond acceptors (Lipinski definition) is 4. The Kier molecular flexibility index (Phi) is 6.32. The Morgan fingerprint density at radius 1 is 1.19 bits per heavy atom.